The maximum absolute atomic E-state index is 13.5. The van der Waals surface area contributed by atoms with Gasteiger partial charge in [-0.2, -0.15) is 0 Å². The van der Waals surface area contributed by atoms with Crippen molar-refractivity contribution in [3.05, 3.63) is 28.8 Å². The zero-order valence-electron chi connectivity index (χ0n) is 11.3. The summed E-state index contributed by atoms with van der Waals surface area (Å²) in [5.74, 6) is 0.891. The second-order valence-electron chi connectivity index (χ2n) is 5.18. The van der Waals surface area contributed by atoms with E-state index in [1.807, 2.05) is 11.5 Å². The molecule has 19 heavy (non-hydrogen) atoms. The van der Waals surface area contributed by atoms with Crippen LogP contribution in [0.3, 0.4) is 0 Å². The summed E-state index contributed by atoms with van der Waals surface area (Å²) in [6, 6.07) is 2.99. The lowest BCUT2D eigenvalue weighted by molar-refractivity contribution is 0.512. The Balaban J connectivity index is 2.55. The molecule has 1 atom stereocenters. The normalized spacial score (nSPS) is 13.4. The molecule has 1 heterocycles. The van der Waals surface area contributed by atoms with Crippen LogP contribution in [0.15, 0.2) is 12.1 Å². The van der Waals surface area contributed by atoms with E-state index in [0.717, 1.165) is 24.3 Å². The van der Waals surface area contributed by atoms with Crippen molar-refractivity contribution < 1.29 is 4.39 Å². The quantitative estimate of drug-likeness (QED) is 0.712. The molecule has 0 amide bonds. The largest absolute Gasteiger partial charge is 0.327 e. The standard InChI is InChI=1S/C14H17Cl2FN2/c1-8(2)4-5-19-13-6-10(16)11(17)7-12(13)18-14(19)9(3)15/h6-9H,4-5H2,1-3H3. The number of rotatable bonds is 4. The molecule has 0 aliphatic heterocycles. The fraction of sp³-hybridized carbons (Fsp3) is 0.500. The van der Waals surface area contributed by atoms with Crippen LogP contribution in [0.2, 0.25) is 5.02 Å². The summed E-state index contributed by atoms with van der Waals surface area (Å²) in [6.45, 7) is 7.00. The van der Waals surface area contributed by atoms with Crippen LogP contribution in [0.1, 0.15) is 38.4 Å². The molecular weight excluding hydrogens is 286 g/mol. The van der Waals surface area contributed by atoms with Gasteiger partial charge in [0.15, 0.2) is 0 Å². The molecule has 1 unspecified atom stereocenters. The van der Waals surface area contributed by atoms with Crippen LogP contribution in [-0.2, 0) is 6.54 Å². The molecule has 0 saturated carbocycles. The minimum Gasteiger partial charge on any atom is -0.327 e. The van der Waals surface area contributed by atoms with Gasteiger partial charge in [-0.25, -0.2) is 9.37 Å². The molecule has 2 nitrogen and oxygen atoms in total. The van der Waals surface area contributed by atoms with Gasteiger partial charge in [-0.1, -0.05) is 25.4 Å². The Bertz CT molecular complexity index is 591. The second kappa shape index (κ2) is 5.68. The lowest BCUT2D eigenvalue weighted by Crippen LogP contribution is -2.06. The first kappa shape index (κ1) is 14.6. The second-order valence-corrected chi connectivity index (χ2v) is 6.24. The Morgan fingerprint density at radius 3 is 2.58 bits per heavy atom. The molecule has 0 radical (unpaired) electrons. The monoisotopic (exact) mass is 302 g/mol. The van der Waals surface area contributed by atoms with Crippen molar-refractivity contribution >= 4 is 34.2 Å². The number of aryl methyl sites for hydroxylation is 1. The molecule has 1 aromatic carbocycles. The van der Waals surface area contributed by atoms with Gasteiger partial charge in [-0.05, 0) is 25.3 Å². The molecule has 0 N–H and O–H groups in total. The average molecular weight is 303 g/mol. The van der Waals surface area contributed by atoms with E-state index in [4.69, 9.17) is 23.2 Å². The Morgan fingerprint density at radius 1 is 1.32 bits per heavy atom. The van der Waals surface area contributed by atoms with Crippen LogP contribution in [0.5, 0.6) is 0 Å². The van der Waals surface area contributed by atoms with E-state index in [0.29, 0.717) is 11.4 Å². The maximum Gasteiger partial charge on any atom is 0.144 e. The van der Waals surface area contributed by atoms with Gasteiger partial charge < -0.3 is 4.57 Å². The van der Waals surface area contributed by atoms with Gasteiger partial charge in [-0.15, -0.1) is 11.6 Å². The number of alkyl halides is 1. The topological polar surface area (TPSA) is 17.8 Å². The molecule has 2 aromatic rings. The number of benzene rings is 1. The Hall–Kier alpha value is -0.800. The van der Waals surface area contributed by atoms with E-state index >= 15 is 0 Å². The third kappa shape index (κ3) is 3.03. The zero-order valence-corrected chi connectivity index (χ0v) is 12.8. The lowest BCUT2D eigenvalue weighted by atomic mass is 10.1. The minimum absolute atomic E-state index is 0.118. The molecule has 0 fully saturated rings. The third-order valence-corrected chi connectivity index (χ3v) is 3.59. The summed E-state index contributed by atoms with van der Waals surface area (Å²) in [5, 5.41) is -0.103. The fourth-order valence-corrected chi connectivity index (χ4v) is 2.39. The molecule has 104 valence electrons. The van der Waals surface area contributed by atoms with Crippen LogP contribution >= 0.6 is 23.2 Å². The molecule has 2 rings (SSSR count). The molecule has 5 heteroatoms. The van der Waals surface area contributed by atoms with Crippen molar-refractivity contribution in [2.75, 3.05) is 0 Å². The zero-order chi connectivity index (χ0) is 14.2. The van der Waals surface area contributed by atoms with Gasteiger partial charge in [0, 0.05) is 12.6 Å². The highest BCUT2D eigenvalue weighted by Gasteiger charge is 2.17. The number of nitrogens with zero attached hydrogens (tertiary/aromatic N) is 2. The van der Waals surface area contributed by atoms with Gasteiger partial charge in [-0.3, -0.25) is 0 Å². The van der Waals surface area contributed by atoms with Crippen molar-refractivity contribution in [3.8, 4) is 0 Å². The smallest absolute Gasteiger partial charge is 0.144 e. The lowest BCUT2D eigenvalue weighted by Gasteiger charge is -2.12. The fourth-order valence-electron chi connectivity index (χ4n) is 2.06. The highest BCUT2D eigenvalue weighted by Crippen LogP contribution is 2.28. The maximum atomic E-state index is 13.5. The van der Waals surface area contributed by atoms with Gasteiger partial charge in [0.2, 0.25) is 0 Å². The molecule has 0 spiro atoms. The van der Waals surface area contributed by atoms with Crippen molar-refractivity contribution in [1.29, 1.82) is 0 Å². The third-order valence-electron chi connectivity index (χ3n) is 3.11. The van der Waals surface area contributed by atoms with E-state index in [2.05, 4.69) is 18.8 Å². The van der Waals surface area contributed by atoms with Crippen molar-refractivity contribution in [2.24, 2.45) is 5.92 Å². The average Bonchev–Trinajstić information content (AvgIpc) is 2.65. The Labute approximate surface area is 122 Å². The van der Waals surface area contributed by atoms with Crippen molar-refractivity contribution in [3.63, 3.8) is 0 Å². The predicted molar refractivity (Wildman–Crippen MR) is 78.4 cm³/mol. The van der Waals surface area contributed by atoms with Crippen LogP contribution in [0.25, 0.3) is 11.0 Å². The summed E-state index contributed by atoms with van der Waals surface area (Å²) >= 11 is 12.0. The number of hydrogen-bond acceptors (Lipinski definition) is 1. The molecule has 0 bridgehead atoms. The van der Waals surface area contributed by atoms with Crippen LogP contribution in [0, 0.1) is 11.7 Å². The highest BCUT2D eigenvalue weighted by atomic mass is 35.5. The van der Waals surface area contributed by atoms with Crippen LogP contribution < -0.4 is 0 Å². The molecule has 0 saturated heterocycles. The van der Waals surface area contributed by atoms with Crippen LogP contribution in [0.4, 0.5) is 4.39 Å². The summed E-state index contributed by atoms with van der Waals surface area (Å²) in [5.41, 5.74) is 1.45. The molecule has 0 aliphatic rings. The summed E-state index contributed by atoms with van der Waals surface area (Å²) in [7, 11) is 0. The van der Waals surface area contributed by atoms with Gasteiger partial charge in [0.25, 0.3) is 0 Å². The van der Waals surface area contributed by atoms with E-state index < -0.39 is 5.82 Å². The van der Waals surface area contributed by atoms with Crippen LogP contribution in [-0.4, -0.2) is 9.55 Å². The Morgan fingerprint density at radius 2 is 2.00 bits per heavy atom. The van der Waals surface area contributed by atoms with E-state index in [9.17, 15) is 4.39 Å². The van der Waals surface area contributed by atoms with Gasteiger partial charge >= 0.3 is 0 Å². The SMILES string of the molecule is CC(C)CCn1c(C(C)Cl)nc2cc(F)c(Cl)cc21. The van der Waals surface area contributed by atoms with Crippen molar-refractivity contribution in [1.82, 2.24) is 9.55 Å². The molecule has 1 aromatic heterocycles. The van der Waals surface area contributed by atoms with Gasteiger partial charge in [0.1, 0.15) is 11.6 Å². The first-order valence-electron chi connectivity index (χ1n) is 6.39. The first-order chi connectivity index (χ1) is 8.90. The number of imidazole rings is 1. The highest BCUT2D eigenvalue weighted by molar-refractivity contribution is 6.31. The van der Waals surface area contributed by atoms with E-state index in [-0.39, 0.29) is 10.4 Å². The number of fused-ring (bicyclic) bond motifs is 1. The summed E-state index contributed by atoms with van der Waals surface area (Å²) in [4.78, 5) is 4.42. The van der Waals surface area contributed by atoms with E-state index in [1.165, 1.54) is 6.07 Å². The summed E-state index contributed by atoms with van der Waals surface area (Å²) in [6.07, 6.45) is 1.01. The van der Waals surface area contributed by atoms with Gasteiger partial charge in [0.05, 0.1) is 21.4 Å². The van der Waals surface area contributed by atoms with Crippen molar-refractivity contribution in [2.45, 2.75) is 39.1 Å². The molecular formula is C14H17Cl2FN2. The predicted octanol–water partition coefficient (Wildman–Crippen LogP) is 5.17. The Kier molecular flexibility index (Phi) is 4.36. The first-order valence-corrected chi connectivity index (χ1v) is 7.20. The number of aromatic nitrogens is 2. The number of hydrogen-bond donors (Lipinski definition) is 0. The molecule has 0 aliphatic carbocycles. The van der Waals surface area contributed by atoms with E-state index in [1.54, 1.807) is 6.07 Å². The minimum atomic E-state index is -0.448. The number of halogens is 3. The summed E-state index contributed by atoms with van der Waals surface area (Å²) < 4.78 is 15.5.